The van der Waals surface area contributed by atoms with Gasteiger partial charge in [-0.25, -0.2) is 0 Å². The third kappa shape index (κ3) is 2.88. The first kappa shape index (κ1) is 12.2. The average Bonchev–Trinajstić information content (AvgIpc) is 2.38. The highest BCUT2D eigenvalue weighted by molar-refractivity contribution is 5.66. The summed E-state index contributed by atoms with van der Waals surface area (Å²) in [5, 5.41) is 12.8. The second kappa shape index (κ2) is 5.35. The zero-order valence-corrected chi connectivity index (χ0v) is 10.1. The summed E-state index contributed by atoms with van der Waals surface area (Å²) in [6.45, 7) is 2.37. The summed E-state index contributed by atoms with van der Waals surface area (Å²) in [6, 6.07) is 5.78. The molecule has 0 atom stereocenters. The van der Waals surface area contributed by atoms with Crippen LogP contribution in [-0.2, 0) is 11.3 Å². The van der Waals surface area contributed by atoms with Gasteiger partial charge in [0.05, 0.1) is 5.69 Å². The van der Waals surface area contributed by atoms with Gasteiger partial charge in [0.2, 0.25) is 0 Å². The third-order valence-corrected chi connectivity index (χ3v) is 2.61. The quantitative estimate of drug-likeness (QED) is 0.821. The van der Waals surface area contributed by atoms with Gasteiger partial charge >= 0.3 is 5.97 Å². The summed E-state index contributed by atoms with van der Waals surface area (Å²) in [6.07, 6.45) is 5.29. The van der Waals surface area contributed by atoms with E-state index >= 15 is 0 Å². The maximum absolute atomic E-state index is 10.5. The molecule has 2 aromatic heterocycles. The number of nitrogens with zero attached hydrogens (tertiary/aromatic N) is 3. The number of pyridine rings is 1. The maximum Gasteiger partial charge on any atom is 0.309 e. The predicted molar refractivity (Wildman–Crippen MR) is 64.7 cm³/mol. The first-order chi connectivity index (χ1) is 8.66. The molecule has 2 heterocycles. The van der Waals surface area contributed by atoms with Crippen molar-refractivity contribution in [1.82, 2.24) is 10.1 Å². The van der Waals surface area contributed by atoms with Gasteiger partial charge < -0.3 is 5.11 Å². The summed E-state index contributed by atoms with van der Waals surface area (Å²) in [5.41, 5.74) is 2.91. The molecule has 0 aliphatic carbocycles. The van der Waals surface area contributed by atoms with Crippen LogP contribution >= 0.6 is 0 Å². The Hall–Kier alpha value is -2.30. The molecule has 0 saturated carbocycles. The number of aliphatic carboxylic acids is 1. The summed E-state index contributed by atoms with van der Waals surface area (Å²) in [7, 11) is 0. The lowest BCUT2D eigenvalue weighted by molar-refractivity contribution is -0.752. The van der Waals surface area contributed by atoms with Gasteiger partial charge in [-0.15, -0.1) is 0 Å². The van der Waals surface area contributed by atoms with Crippen LogP contribution in [0.2, 0.25) is 0 Å². The maximum atomic E-state index is 10.5. The van der Waals surface area contributed by atoms with E-state index < -0.39 is 5.97 Å². The fraction of sp³-hybridized carbons (Fsp3) is 0.231. The SMILES string of the molecule is Cc1cccnc1-c1cc[n+](CCC(=O)O)nc1. The number of carbonyl (C=O) groups is 1. The molecule has 92 valence electrons. The van der Waals surface area contributed by atoms with Crippen molar-refractivity contribution in [2.24, 2.45) is 0 Å². The van der Waals surface area contributed by atoms with E-state index in [0.717, 1.165) is 16.8 Å². The zero-order valence-electron chi connectivity index (χ0n) is 10.1. The Morgan fingerprint density at radius 1 is 1.44 bits per heavy atom. The van der Waals surface area contributed by atoms with Gasteiger partial charge in [-0.2, -0.15) is 0 Å². The van der Waals surface area contributed by atoms with Crippen LogP contribution in [0, 0.1) is 6.92 Å². The normalized spacial score (nSPS) is 10.3. The second-order valence-electron chi connectivity index (χ2n) is 3.99. The van der Waals surface area contributed by atoms with Crippen molar-refractivity contribution in [2.75, 3.05) is 0 Å². The molecule has 0 radical (unpaired) electrons. The van der Waals surface area contributed by atoms with E-state index in [1.807, 2.05) is 25.1 Å². The van der Waals surface area contributed by atoms with Gasteiger partial charge in [-0.1, -0.05) is 10.7 Å². The van der Waals surface area contributed by atoms with Crippen molar-refractivity contribution in [3.63, 3.8) is 0 Å². The molecule has 0 aromatic carbocycles. The Bertz CT molecular complexity index is 552. The molecule has 2 rings (SSSR count). The van der Waals surface area contributed by atoms with E-state index in [0.29, 0.717) is 6.54 Å². The molecule has 5 heteroatoms. The van der Waals surface area contributed by atoms with Crippen LogP contribution < -0.4 is 4.68 Å². The number of aromatic nitrogens is 3. The number of carboxylic acid groups (broad SMARTS) is 1. The average molecular weight is 244 g/mol. The second-order valence-corrected chi connectivity index (χ2v) is 3.99. The van der Waals surface area contributed by atoms with Crippen LogP contribution in [0.5, 0.6) is 0 Å². The molecule has 0 bridgehead atoms. The number of hydrogen-bond donors (Lipinski definition) is 1. The molecule has 0 aliphatic heterocycles. The van der Waals surface area contributed by atoms with Gasteiger partial charge in [-0.05, 0) is 23.7 Å². The summed E-state index contributed by atoms with van der Waals surface area (Å²) < 4.78 is 1.61. The van der Waals surface area contributed by atoms with E-state index in [1.54, 1.807) is 23.3 Å². The number of aryl methyl sites for hydroxylation is 2. The molecular weight excluding hydrogens is 230 g/mol. The van der Waals surface area contributed by atoms with Crippen molar-refractivity contribution in [3.05, 3.63) is 42.4 Å². The Kier molecular flexibility index (Phi) is 3.62. The van der Waals surface area contributed by atoms with E-state index in [4.69, 9.17) is 5.11 Å². The van der Waals surface area contributed by atoms with Crippen LogP contribution in [0.25, 0.3) is 11.3 Å². The lowest BCUT2D eigenvalue weighted by Crippen LogP contribution is -2.38. The van der Waals surface area contributed by atoms with Gasteiger partial charge in [0, 0.05) is 17.8 Å². The van der Waals surface area contributed by atoms with Gasteiger partial charge in [0.1, 0.15) is 12.6 Å². The van der Waals surface area contributed by atoms with E-state index in [1.165, 1.54) is 0 Å². The van der Waals surface area contributed by atoms with Crippen molar-refractivity contribution >= 4 is 5.97 Å². The largest absolute Gasteiger partial charge is 0.481 e. The summed E-state index contributed by atoms with van der Waals surface area (Å²) in [5.74, 6) is -0.825. The molecule has 0 unspecified atom stereocenters. The zero-order chi connectivity index (χ0) is 13.0. The minimum absolute atomic E-state index is 0.0691. The molecule has 0 saturated heterocycles. The van der Waals surface area contributed by atoms with Crippen LogP contribution in [-0.4, -0.2) is 21.2 Å². The predicted octanol–water partition coefficient (Wildman–Crippen LogP) is 1.21. The lowest BCUT2D eigenvalue weighted by Gasteiger charge is -2.02. The van der Waals surface area contributed by atoms with Crippen LogP contribution in [0.3, 0.4) is 0 Å². The molecule has 0 spiro atoms. The highest BCUT2D eigenvalue weighted by Crippen LogP contribution is 2.17. The number of rotatable bonds is 4. The van der Waals surface area contributed by atoms with Crippen molar-refractivity contribution in [3.8, 4) is 11.3 Å². The smallest absolute Gasteiger partial charge is 0.309 e. The van der Waals surface area contributed by atoms with Crippen LogP contribution in [0.4, 0.5) is 0 Å². The van der Waals surface area contributed by atoms with E-state index in [9.17, 15) is 4.79 Å². The van der Waals surface area contributed by atoms with Gasteiger partial charge in [0.15, 0.2) is 12.7 Å². The lowest BCUT2D eigenvalue weighted by atomic mass is 10.1. The fourth-order valence-corrected chi connectivity index (χ4v) is 1.65. The minimum Gasteiger partial charge on any atom is -0.481 e. The summed E-state index contributed by atoms with van der Waals surface area (Å²) >= 11 is 0. The number of carboxylic acids is 1. The Morgan fingerprint density at radius 2 is 2.28 bits per heavy atom. The van der Waals surface area contributed by atoms with Gasteiger partial charge in [0.25, 0.3) is 0 Å². The first-order valence-corrected chi connectivity index (χ1v) is 5.66. The fourth-order valence-electron chi connectivity index (χ4n) is 1.65. The van der Waals surface area contributed by atoms with E-state index in [-0.39, 0.29) is 6.42 Å². The topological polar surface area (TPSA) is 67.0 Å². The highest BCUT2D eigenvalue weighted by Gasteiger charge is 2.09. The standard InChI is InChI=1S/C13H13N3O2/c1-10-3-2-6-14-13(10)11-4-7-16(15-9-11)8-5-12(17)18/h2-4,6-7,9H,5,8H2,1H3/p+1. The third-order valence-electron chi connectivity index (χ3n) is 2.61. The van der Waals surface area contributed by atoms with Crippen molar-refractivity contribution in [1.29, 1.82) is 0 Å². The molecule has 1 N–H and O–H groups in total. The number of hydrogen-bond acceptors (Lipinski definition) is 3. The Morgan fingerprint density at radius 3 is 2.89 bits per heavy atom. The highest BCUT2D eigenvalue weighted by atomic mass is 16.4. The Labute approximate surface area is 105 Å². The molecule has 18 heavy (non-hydrogen) atoms. The van der Waals surface area contributed by atoms with Crippen LogP contribution in [0.15, 0.2) is 36.8 Å². The monoisotopic (exact) mass is 244 g/mol. The molecule has 0 amide bonds. The first-order valence-electron chi connectivity index (χ1n) is 5.66. The Balaban J connectivity index is 2.17. The van der Waals surface area contributed by atoms with Crippen LogP contribution in [0.1, 0.15) is 12.0 Å². The molecule has 0 aliphatic rings. The minimum atomic E-state index is -0.825. The molecule has 2 aromatic rings. The molecular formula is C13H14N3O2+. The van der Waals surface area contributed by atoms with E-state index in [2.05, 4.69) is 10.1 Å². The summed E-state index contributed by atoms with van der Waals surface area (Å²) in [4.78, 5) is 14.8. The van der Waals surface area contributed by atoms with Crippen molar-refractivity contribution < 1.29 is 14.6 Å². The van der Waals surface area contributed by atoms with Gasteiger partial charge in [-0.3, -0.25) is 9.78 Å². The molecule has 5 nitrogen and oxygen atoms in total. The van der Waals surface area contributed by atoms with Crippen molar-refractivity contribution in [2.45, 2.75) is 19.9 Å². The molecule has 0 fully saturated rings.